The van der Waals surface area contributed by atoms with Crippen molar-refractivity contribution in [2.24, 2.45) is 0 Å². The Kier molecular flexibility index (Phi) is 6.40. The van der Waals surface area contributed by atoms with E-state index in [0.29, 0.717) is 5.56 Å². The topological polar surface area (TPSA) is 110 Å². The summed E-state index contributed by atoms with van der Waals surface area (Å²) in [4.78, 5) is 23.2. The molecule has 0 spiro atoms. The molecular weight excluding hydrogens is 382 g/mol. The fraction of sp³-hybridized carbons (Fsp3) is 0.316. The average Bonchev–Trinajstić information content (AvgIpc) is 2.61. The van der Waals surface area contributed by atoms with E-state index in [0.717, 1.165) is 21.7 Å². The number of nitro groups is 1. The maximum Gasteiger partial charge on any atom is 0.271 e. The number of anilines is 1. The van der Waals surface area contributed by atoms with E-state index in [1.54, 1.807) is 6.92 Å². The first-order chi connectivity index (χ1) is 13.0. The largest absolute Gasteiger partial charge is 0.350 e. The molecule has 1 atom stereocenters. The Bertz CT molecular complexity index is 1000. The molecule has 2 aromatic carbocycles. The second-order valence-electron chi connectivity index (χ2n) is 6.61. The molecule has 0 unspecified atom stereocenters. The summed E-state index contributed by atoms with van der Waals surface area (Å²) < 4.78 is 25.8. The fourth-order valence-electron chi connectivity index (χ4n) is 2.87. The Morgan fingerprint density at radius 1 is 1.18 bits per heavy atom. The number of rotatable bonds is 7. The highest BCUT2D eigenvalue weighted by atomic mass is 32.2. The normalized spacial score (nSPS) is 12.3. The molecule has 0 fully saturated rings. The van der Waals surface area contributed by atoms with Gasteiger partial charge in [0.25, 0.3) is 5.69 Å². The van der Waals surface area contributed by atoms with Gasteiger partial charge in [0.1, 0.15) is 6.04 Å². The van der Waals surface area contributed by atoms with Crippen molar-refractivity contribution in [3.8, 4) is 0 Å². The Balaban J connectivity index is 2.33. The van der Waals surface area contributed by atoms with Crippen LogP contribution in [0, 0.1) is 24.0 Å². The molecule has 0 heterocycles. The molecule has 1 N–H and O–H groups in total. The number of aryl methyl sites for hydroxylation is 2. The minimum Gasteiger partial charge on any atom is -0.350 e. The van der Waals surface area contributed by atoms with Gasteiger partial charge in [-0.05, 0) is 37.5 Å². The van der Waals surface area contributed by atoms with Gasteiger partial charge in [-0.3, -0.25) is 19.2 Å². The van der Waals surface area contributed by atoms with Crippen molar-refractivity contribution in [2.45, 2.75) is 33.4 Å². The molecule has 9 heteroatoms. The summed E-state index contributed by atoms with van der Waals surface area (Å²) in [5, 5.41) is 13.8. The van der Waals surface area contributed by atoms with E-state index < -0.39 is 26.9 Å². The Morgan fingerprint density at radius 2 is 1.82 bits per heavy atom. The lowest BCUT2D eigenvalue weighted by Gasteiger charge is -2.29. The molecule has 0 aliphatic rings. The first kappa shape index (κ1) is 21.4. The van der Waals surface area contributed by atoms with Crippen LogP contribution in [0.2, 0.25) is 0 Å². The van der Waals surface area contributed by atoms with E-state index in [-0.39, 0.29) is 17.9 Å². The SMILES string of the molecule is Cc1ccccc1CNC(=O)[C@H](C)N(c1cc([N+](=O)[O-])ccc1C)S(C)(=O)=O. The van der Waals surface area contributed by atoms with Crippen molar-refractivity contribution in [1.29, 1.82) is 0 Å². The summed E-state index contributed by atoms with van der Waals surface area (Å²) in [6.45, 7) is 5.25. The number of nitrogens with zero attached hydrogens (tertiary/aromatic N) is 2. The summed E-state index contributed by atoms with van der Waals surface area (Å²) in [5.41, 5.74) is 2.29. The molecule has 1 amide bonds. The third-order valence-corrected chi connectivity index (χ3v) is 5.67. The zero-order valence-corrected chi connectivity index (χ0v) is 17.0. The summed E-state index contributed by atoms with van der Waals surface area (Å²) in [7, 11) is -3.87. The average molecular weight is 405 g/mol. The number of hydrogen-bond donors (Lipinski definition) is 1. The highest BCUT2D eigenvalue weighted by Crippen LogP contribution is 2.29. The van der Waals surface area contributed by atoms with Crippen LogP contribution in [0.5, 0.6) is 0 Å². The molecule has 0 aliphatic carbocycles. The van der Waals surface area contributed by atoms with E-state index in [9.17, 15) is 23.3 Å². The number of non-ortho nitro benzene ring substituents is 1. The van der Waals surface area contributed by atoms with Crippen LogP contribution in [-0.2, 0) is 21.4 Å². The molecule has 0 aliphatic heterocycles. The van der Waals surface area contributed by atoms with Crippen molar-refractivity contribution in [3.05, 3.63) is 69.3 Å². The zero-order valence-electron chi connectivity index (χ0n) is 16.2. The molecule has 0 saturated heterocycles. The van der Waals surface area contributed by atoms with Crippen molar-refractivity contribution < 1.29 is 18.1 Å². The predicted molar refractivity (Wildman–Crippen MR) is 108 cm³/mol. The van der Waals surface area contributed by atoms with Gasteiger partial charge in [-0.25, -0.2) is 8.42 Å². The number of amides is 1. The molecule has 2 aromatic rings. The van der Waals surface area contributed by atoms with Crippen LogP contribution in [0.3, 0.4) is 0 Å². The van der Waals surface area contributed by atoms with Crippen LogP contribution in [-0.4, -0.2) is 31.5 Å². The predicted octanol–water partition coefficient (Wildman–Crippen LogP) is 2.68. The molecule has 150 valence electrons. The lowest BCUT2D eigenvalue weighted by molar-refractivity contribution is -0.384. The molecule has 2 rings (SSSR count). The monoisotopic (exact) mass is 405 g/mol. The van der Waals surface area contributed by atoms with Crippen molar-refractivity contribution in [2.75, 3.05) is 10.6 Å². The first-order valence-electron chi connectivity index (χ1n) is 8.59. The molecule has 8 nitrogen and oxygen atoms in total. The second kappa shape index (κ2) is 8.39. The number of carbonyl (C=O) groups excluding carboxylic acids is 1. The summed E-state index contributed by atoms with van der Waals surface area (Å²) in [6.07, 6.45) is 0.969. The maximum absolute atomic E-state index is 12.7. The third kappa shape index (κ3) is 4.86. The van der Waals surface area contributed by atoms with E-state index >= 15 is 0 Å². The lowest BCUT2D eigenvalue weighted by atomic mass is 10.1. The summed E-state index contributed by atoms with van der Waals surface area (Å²) in [6, 6.07) is 10.4. The zero-order chi connectivity index (χ0) is 21.1. The lowest BCUT2D eigenvalue weighted by Crippen LogP contribution is -2.48. The molecule has 28 heavy (non-hydrogen) atoms. The number of nitrogens with one attached hydrogen (secondary N) is 1. The van der Waals surface area contributed by atoms with Crippen molar-refractivity contribution in [3.63, 3.8) is 0 Å². The van der Waals surface area contributed by atoms with Gasteiger partial charge in [0.05, 0.1) is 16.9 Å². The maximum atomic E-state index is 12.7. The number of carbonyl (C=O) groups is 1. The van der Waals surface area contributed by atoms with Crippen LogP contribution in [0.25, 0.3) is 0 Å². The van der Waals surface area contributed by atoms with E-state index in [1.807, 2.05) is 31.2 Å². The smallest absolute Gasteiger partial charge is 0.271 e. The highest BCUT2D eigenvalue weighted by Gasteiger charge is 2.31. The van der Waals surface area contributed by atoms with Crippen LogP contribution < -0.4 is 9.62 Å². The van der Waals surface area contributed by atoms with Gasteiger partial charge in [0, 0.05) is 18.7 Å². The number of sulfonamides is 1. The molecular formula is C19H23N3O5S. The second-order valence-corrected chi connectivity index (χ2v) is 8.47. The van der Waals surface area contributed by atoms with Gasteiger partial charge in [-0.2, -0.15) is 0 Å². The first-order valence-corrected chi connectivity index (χ1v) is 10.4. The van der Waals surface area contributed by atoms with Gasteiger partial charge in [-0.1, -0.05) is 30.3 Å². The molecule has 0 saturated carbocycles. The Labute approximate surface area is 164 Å². The number of hydrogen-bond acceptors (Lipinski definition) is 5. The third-order valence-electron chi connectivity index (χ3n) is 4.44. The standard InChI is InChI=1S/C19H23N3O5S/c1-13-7-5-6-8-16(13)12-20-19(23)15(3)21(28(4,26)27)18-11-17(22(24)25)10-9-14(18)2/h5-11,15H,12H2,1-4H3,(H,20,23)/t15-/m0/s1. The van der Waals surface area contributed by atoms with Crippen LogP contribution in [0.15, 0.2) is 42.5 Å². The minimum absolute atomic E-state index is 0.107. The Morgan fingerprint density at radius 3 is 2.39 bits per heavy atom. The van der Waals surface area contributed by atoms with E-state index in [2.05, 4.69) is 5.32 Å². The number of benzene rings is 2. The molecule has 0 bridgehead atoms. The Hall–Kier alpha value is -2.94. The van der Waals surface area contributed by atoms with Crippen LogP contribution in [0.4, 0.5) is 11.4 Å². The van der Waals surface area contributed by atoms with Gasteiger partial charge in [0.2, 0.25) is 15.9 Å². The van der Waals surface area contributed by atoms with Gasteiger partial charge in [-0.15, -0.1) is 0 Å². The van der Waals surface area contributed by atoms with Crippen LogP contribution >= 0.6 is 0 Å². The van der Waals surface area contributed by atoms with Crippen LogP contribution in [0.1, 0.15) is 23.6 Å². The van der Waals surface area contributed by atoms with E-state index in [4.69, 9.17) is 0 Å². The van der Waals surface area contributed by atoms with E-state index in [1.165, 1.54) is 25.1 Å². The van der Waals surface area contributed by atoms with Gasteiger partial charge < -0.3 is 5.32 Å². The highest BCUT2D eigenvalue weighted by molar-refractivity contribution is 7.92. The van der Waals surface area contributed by atoms with Crippen molar-refractivity contribution in [1.82, 2.24) is 5.32 Å². The quantitative estimate of drug-likeness (QED) is 0.563. The van der Waals surface area contributed by atoms with Crippen molar-refractivity contribution >= 4 is 27.3 Å². The van der Waals surface area contributed by atoms with Gasteiger partial charge >= 0.3 is 0 Å². The van der Waals surface area contributed by atoms with Gasteiger partial charge in [0.15, 0.2) is 0 Å². The summed E-state index contributed by atoms with van der Waals surface area (Å²) in [5.74, 6) is -0.500. The minimum atomic E-state index is -3.87. The number of nitro benzene ring substituents is 1. The molecule has 0 radical (unpaired) electrons. The summed E-state index contributed by atoms with van der Waals surface area (Å²) >= 11 is 0. The molecule has 0 aromatic heterocycles. The fourth-order valence-corrected chi connectivity index (χ4v) is 4.09.